The van der Waals surface area contributed by atoms with Crippen LogP contribution in [-0.2, 0) is 11.3 Å². The van der Waals surface area contributed by atoms with Gasteiger partial charge in [0.15, 0.2) is 0 Å². The van der Waals surface area contributed by atoms with Gasteiger partial charge in [0, 0.05) is 32.2 Å². The number of anilines is 1. The molecular formula is C17H25N3O. The fourth-order valence-corrected chi connectivity index (χ4v) is 3.60. The van der Waals surface area contributed by atoms with Crippen molar-refractivity contribution in [1.82, 2.24) is 10.6 Å². The van der Waals surface area contributed by atoms with Crippen LogP contribution in [0.1, 0.15) is 24.8 Å². The Balaban J connectivity index is 1.58. The summed E-state index contributed by atoms with van der Waals surface area (Å²) in [5, 5.41) is 6.52. The highest BCUT2D eigenvalue weighted by Gasteiger charge is 2.57. The number of hydrogen-bond acceptors (Lipinski definition) is 3. The van der Waals surface area contributed by atoms with E-state index in [1.165, 1.54) is 11.3 Å². The molecule has 2 aliphatic rings. The predicted octanol–water partition coefficient (Wildman–Crippen LogP) is 1.76. The third-order valence-corrected chi connectivity index (χ3v) is 5.03. The molecule has 1 amide bonds. The van der Waals surface area contributed by atoms with E-state index in [9.17, 15) is 4.79 Å². The summed E-state index contributed by atoms with van der Waals surface area (Å²) >= 11 is 0. The molecule has 2 fully saturated rings. The molecule has 114 valence electrons. The van der Waals surface area contributed by atoms with Crippen molar-refractivity contribution in [2.24, 2.45) is 11.3 Å². The first kappa shape index (κ1) is 14.4. The number of carbonyl (C=O) groups is 1. The Morgan fingerprint density at radius 3 is 2.76 bits per heavy atom. The zero-order chi connectivity index (χ0) is 14.9. The lowest BCUT2D eigenvalue weighted by atomic mass is 9.92. The fraction of sp³-hybridized carbons (Fsp3) is 0.588. The Morgan fingerprint density at radius 2 is 2.05 bits per heavy atom. The van der Waals surface area contributed by atoms with Crippen molar-refractivity contribution in [2.45, 2.75) is 25.8 Å². The lowest BCUT2D eigenvalue weighted by molar-refractivity contribution is -0.123. The highest BCUT2D eigenvalue weighted by atomic mass is 16.2. The minimum Gasteiger partial charge on any atom is -0.377 e. The van der Waals surface area contributed by atoms with Crippen LogP contribution in [0.15, 0.2) is 24.3 Å². The van der Waals surface area contributed by atoms with Crippen LogP contribution in [0, 0.1) is 11.3 Å². The van der Waals surface area contributed by atoms with E-state index in [1.54, 1.807) is 0 Å². The molecule has 1 heterocycles. The Bertz CT molecular complexity index is 521. The van der Waals surface area contributed by atoms with Crippen molar-refractivity contribution in [3.8, 4) is 0 Å². The average Bonchev–Trinajstić information content (AvgIpc) is 3.19. The first-order chi connectivity index (χ1) is 10.1. The topological polar surface area (TPSA) is 44.4 Å². The molecule has 0 bridgehead atoms. The van der Waals surface area contributed by atoms with Gasteiger partial charge in [-0.2, -0.15) is 0 Å². The minimum absolute atomic E-state index is 0.241. The van der Waals surface area contributed by atoms with Gasteiger partial charge in [-0.3, -0.25) is 4.79 Å². The van der Waals surface area contributed by atoms with Crippen LogP contribution in [0.25, 0.3) is 0 Å². The quantitative estimate of drug-likeness (QED) is 0.887. The molecule has 1 aromatic carbocycles. The predicted molar refractivity (Wildman–Crippen MR) is 85.3 cm³/mol. The van der Waals surface area contributed by atoms with E-state index >= 15 is 0 Å². The molecule has 21 heavy (non-hydrogen) atoms. The number of hydrogen-bond donors (Lipinski definition) is 2. The normalized spacial score (nSPS) is 22.9. The van der Waals surface area contributed by atoms with E-state index in [0.29, 0.717) is 12.0 Å². The van der Waals surface area contributed by atoms with Crippen molar-refractivity contribution < 1.29 is 4.79 Å². The number of benzene rings is 1. The van der Waals surface area contributed by atoms with E-state index in [0.717, 1.165) is 32.4 Å². The smallest absolute Gasteiger partial charge is 0.223 e. The van der Waals surface area contributed by atoms with Gasteiger partial charge in [0.25, 0.3) is 0 Å². The summed E-state index contributed by atoms with van der Waals surface area (Å²) in [4.78, 5) is 14.5. The molecule has 2 N–H and O–H groups in total. The van der Waals surface area contributed by atoms with Gasteiger partial charge in [-0.1, -0.05) is 18.2 Å². The number of rotatable bonds is 4. The number of amides is 1. The van der Waals surface area contributed by atoms with Gasteiger partial charge in [-0.25, -0.2) is 0 Å². The summed E-state index contributed by atoms with van der Waals surface area (Å²) < 4.78 is 0. The first-order valence-corrected chi connectivity index (χ1v) is 7.86. The van der Waals surface area contributed by atoms with Gasteiger partial charge < -0.3 is 15.5 Å². The number of nitrogens with one attached hydrogen (secondary N) is 2. The second-order valence-corrected chi connectivity index (χ2v) is 6.61. The molecule has 1 spiro atoms. The molecule has 1 saturated heterocycles. The fourth-order valence-electron chi connectivity index (χ4n) is 3.60. The molecule has 0 radical (unpaired) electrons. The Kier molecular flexibility index (Phi) is 3.89. The maximum absolute atomic E-state index is 12.4. The average molecular weight is 287 g/mol. The maximum Gasteiger partial charge on any atom is 0.223 e. The number of nitrogens with zero attached hydrogens (tertiary/aromatic N) is 1. The summed E-state index contributed by atoms with van der Waals surface area (Å²) in [6, 6.07) is 8.24. The summed E-state index contributed by atoms with van der Waals surface area (Å²) in [5.41, 5.74) is 2.66. The lowest BCUT2D eigenvalue weighted by Gasteiger charge is -2.23. The van der Waals surface area contributed by atoms with Crippen molar-refractivity contribution in [3.63, 3.8) is 0 Å². The Morgan fingerprint density at radius 1 is 1.33 bits per heavy atom. The second-order valence-electron chi connectivity index (χ2n) is 6.61. The van der Waals surface area contributed by atoms with Crippen LogP contribution in [0.3, 0.4) is 0 Å². The molecule has 1 atom stereocenters. The van der Waals surface area contributed by atoms with Crippen molar-refractivity contribution >= 4 is 11.6 Å². The maximum atomic E-state index is 12.4. The third-order valence-electron chi connectivity index (χ3n) is 5.03. The molecule has 4 nitrogen and oxygen atoms in total. The molecule has 3 rings (SSSR count). The zero-order valence-electron chi connectivity index (χ0n) is 13.0. The largest absolute Gasteiger partial charge is 0.377 e. The molecular weight excluding hydrogens is 262 g/mol. The van der Waals surface area contributed by atoms with Gasteiger partial charge in [0.05, 0.1) is 0 Å². The van der Waals surface area contributed by atoms with Crippen LogP contribution in [0.5, 0.6) is 0 Å². The van der Waals surface area contributed by atoms with Crippen molar-refractivity contribution in [1.29, 1.82) is 0 Å². The van der Waals surface area contributed by atoms with Gasteiger partial charge in [-0.05, 0) is 49.4 Å². The van der Waals surface area contributed by atoms with E-state index in [2.05, 4.69) is 27.7 Å². The molecule has 4 heteroatoms. The van der Waals surface area contributed by atoms with E-state index in [1.807, 2.05) is 26.2 Å². The highest BCUT2D eigenvalue weighted by Crippen LogP contribution is 2.58. The lowest BCUT2D eigenvalue weighted by Crippen LogP contribution is -2.33. The summed E-state index contributed by atoms with van der Waals surface area (Å²) in [5.74, 6) is 0.483. The highest BCUT2D eigenvalue weighted by molar-refractivity contribution is 5.82. The van der Waals surface area contributed by atoms with Gasteiger partial charge in [0.2, 0.25) is 5.91 Å². The van der Waals surface area contributed by atoms with E-state index < -0.39 is 0 Å². The summed E-state index contributed by atoms with van der Waals surface area (Å²) in [7, 11) is 4.07. The van der Waals surface area contributed by atoms with Gasteiger partial charge in [-0.15, -0.1) is 0 Å². The second kappa shape index (κ2) is 5.68. The molecule has 1 aliphatic heterocycles. The van der Waals surface area contributed by atoms with Crippen LogP contribution in [0.4, 0.5) is 5.69 Å². The number of carbonyl (C=O) groups excluding carboxylic acids is 1. The Hall–Kier alpha value is -1.55. The van der Waals surface area contributed by atoms with Gasteiger partial charge in [0.1, 0.15) is 0 Å². The van der Waals surface area contributed by atoms with Gasteiger partial charge >= 0.3 is 0 Å². The first-order valence-electron chi connectivity index (χ1n) is 7.86. The molecule has 1 aliphatic carbocycles. The molecule has 1 saturated carbocycles. The van der Waals surface area contributed by atoms with Crippen LogP contribution in [0.2, 0.25) is 0 Å². The van der Waals surface area contributed by atoms with Crippen LogP contribution < -0.4 is 15.5 Å². The van der Waals surface area contributed by atoms with E-state index in [-0.39, 0.29) is 11.8 Å². The standard InChI is InChI=1S/C17H25N3O/c1-20(2)15-6-4-3-5-13(15)12-19-16(21)14-11-17(14)7-9-18-10-8-17/h3-6,14,18H,7-12H2,1-2H3,(H,19,21). The van der Waals surface area contributed by atoms with Crippen molar-refractivity contribution in [3.05, 3.63) is 29.8 Å². The van der Waals surface area contributed by atoms with Crippen molar-refractivity contribution in [2.75, 3.05) is 32.1 Å². The van der Waals surface area contributed by atoms with Crippen LogP contribution >= 0.6 is 0 Å². The Labute approximate surface area is 126 Å². The SMILES string of the molecule is CN(C)c1ccccc1CNC(=O)C1CC12CCNCC2. The van der Waals surface area contributed by atoms with E-state index in [4.69, 9.17) is 0 Å². The minimum atomic E-state index is 0.241. The molecule has 0 aromatic heterocycles. The summed E-state index contributed by atoms with van der Waals surface area (Å²) in [6.45, 7) is 2.75. The summed E-state index contributed by atoms with van der Waals surface area (Å²) in [6.07, 6.45) is 3.38. The molecule has 1 unspecified atom stereocenters. The molecule has 1 aromatic rings. The monoisotopic (exact) mass is 287 g/mol. The number of para-hydroxylation sites is 1. The van der Waals surface area contributed by atoms with Crippen LogP contribution in [-0.4, -0.2) is 33.1 Å². The zero-order valence-corrected chi connectivity index (χ0v) is 13.0. The number of piperidine rings is 1. The third kappa shape index (κ3) is 2.91.